The fourth-order valence-corrected chi connectivity index (χ4v) is 3.83. The largest absolute Gasteiger partial charge is 0.467 e. The topological polar surface area (TPSA) is 45.9 Å². The van der Waals surface area contributed by atoms with E-state index in [0.29, 0.717) is 13.2 Å². The second-order valence-corrected chi connectivity index (χ2v) is 6.79. The van der Waals surface area contributed by atoms with Crippen LogP contribution < -0.4 is 0 Å². The standard InChI is InChI=1S/C20H24N2O3/c23-20(22-10-4-8-17(22)18-9-5-12-24-18)19-15-21(11-13-25-19)14-16-6-2-1-3-7-16/h1-3,5-7,9,12,17,19H,4,8,10-11,13-15H2/t17-,19-/m0/s1. The maximum absolute atomic E-state index is 13.0. The predicted molar refractivity (Wildman–Crippen MR) is 93.9 cm³/mol. The smallest absolute Gasteiger partial charge is 0.253 e. The minimum Gasteiger partial charge on any atom is -0.467 e. The van der Waals surface area contributed by atoms with Gasteiger partial charge in [-0.1, -0.05) is 30.3 Å². The van der Waals surface area contributed by atoms with Gasteiger partial charge in [0.25, 0.3) is 5.91 Å². The molecule has 2 fully saturated rings. The van der Waals surface area contributed by atoms with E-state index in [9.17, 15) is 4.79 Å². The summed E-state index contributed by atoms with van der Waals surface area (Å²) in [4.78, 5) is 17.3. The molecule has 1 aromatic carbocycles. The Labute approximate surface area is 148 Å². The molecule has 4 rings (SSSR count). The maximum Gasteiger partial charge on any atom is 0.253 e. The highest BCUT2D eigenvalue weighted by Crippen LogP contribution is 2.33. The van der Waals surface area contributed by atoms with Crippen LogP contribution in [0.2, 0.25) is 0 Å². The third kappa shape index (κ3) is 3.62. The quantitative estimate of drug-likeness (QED) is 0.859. The highest BCUT2D eigenvalue weighted by atomic mass is 16.5. The summed E-state index contributed by atoms with van der Waals surface area (Å²) in [7, 11) is 0. The number of amides is 1. The van der Waals surface area contributed by atoms with Gasteiger partial charge in [-0.2, -0.15) is 0 Å². The van der Waals surface area contributed by atoms with E-state index < -0.39 is 0 Å². The molecule has 5 nitrogen and oxygen atoms in total. The number of benzene rings is 1. The van der Waals surface area contributed by atoms with Crippen LogP contribution in [0.4, 0.5) is 0 Å². The molecular weight excluding hydrogens is 316 g/mol. The van der Waals surface area contributed by atoms with E-state index in [4.69, 9.17) is 9.15 Å². The summed E-state index contributed by atoms with van der Waals surface area (Å²) < 4.78 is 11.4. The van der Waals surface area contributed by atoms with Crippen molar-refractivity contribution in [3.63, 3.8) is 0 Å². The predicted octanol–water partition coefficient (Wildman–Crippen LogP) is 2.84. The van der Waals surface area contributed by atoms with E-state index in [-0.39, 0.29) is 18.1 Å². The highest BCUT2D eigenvalue weighted by molar-refractivity contribution is 5.82. The zero-order chi connectivity index (χ0) is 17.1. The summed E-state index contributed by atoms with van der Waals surface area (Å²) in [6.07, 6.45) is 3.26. The van der Waals surface area contributed by atoms with Crippen LogP contribution in [0.15, 0.2) is 53.1 Å². The van der Waals surface area contributed by atoms with Gasteiger partial charge in [0.05, 0.1) is 18.9 Å². The van der Waals surface area contributed by atoms with Crippen LogP contribution in [-0.4, -0.2) is 48.1 Å². The molecule has 3 heterocycles. The zero-order valence-corrected chi connectivity index (χ0v) is 14.3. The van der Waals surface area contributed by atoms with E-state index in [1.807, 2.05) is 23.1 Å². The Kier molecular flexibility index (Phi) is 4.85. The number of furan rings is 1. The number of hydrogen-bond donors (Lipinski definition) is 0. The van der Waals surface area contributed by atoms with E-state index in [1.165, 1.54) is 5.56 Å². The van der Waals surface area contributed by atoms with Crippen molar-refractivity contribution in [3.8, 4) is 0 Å². The van der Waals surface area contributed by atoms with Crippen LogP contribution in [-0.2, 0) is 16.1 Å². The fraction of sp³-hybridized carbons (Fsp3) is 0.450. The van der Waals surface area contributed by atoms with Gasteiger partial charge in [-0.3, -0.25) is 9.69 Å². The Balaban J connectivity index is 1.41. The van der Waals surface area contributed by atoms with E-state index in [0.717, 1.165) is 38.2 Å². The van der Waals surface area contributed by atoms with Gasteiger partial charge in [-0.05, 0) is 30.5 Å². The molecule has 5 heteroatoms. The molecule has 2 saturated heterocycles. The summed E-state index contributed by atoms with van der Waals surface area (Å²) in [5.41, 5.74) is 1.27. The Morgan fingerprint density at radius 3 is 2.80 bits per heavy atom. The van der Waals surface area contributed by atoms with Crippen molar-refractivity contribution in [3.05, 3.63) is 60.1 Å². The minimum absolute atomic E-state index is 0.0515. The van der Waals surface area contributed by atoms with Gasteiger partial charge in [0, 0.05) is 26.2 Å². The van der Waals surface area contributed by atoms with E-state index >= 15 is 0 Å². The number of likely N-dealkylation sites (tertiary alicyclic amines) is 1. The van der Waals surface area contributed by atoms with Crippen molar-refractivity contribution in [1.82, 2.24) is 9.80 Å². The summed E-state index contributed by atoms with van der Waals surface area (Å²) in [5, 5.41) is 0. The lowest BCUT2D eigenvalue weighted by molar-refractivity contribution is -0.151. The minimum atomic E-state index is -0.381. The van der Waals surface area contributed by atoms with Gasteiger partial charge in [-0.15, -0.1) is 0 Å². The molecule has 25 heavy (non-hydrogen) atoms. The van der Waals surface area contributed by atoms with E-state index in [2.05, 4.69) is 29.2 Å². The number of ether oxygens (including phenoxy) is 1. The van der Waals surface area contributed by atoms with Crippen LogP contribution in [0.1, 0.15) is 30.2 Å². The lowest BCUT2D eigenvalue weighted by Crippen LogP contribution is -2.50. The first-order valence-electron chi connectivity index (χ1n) is 9.03. The Morgan fingerprint density at radius 1 is 1.12 bits per heavy atom. The molecule has 2 aliphatic heterocycles. The molecule has 0 radical (unpaired) electrons. The average molecular weight is 340 g/mol. The summed E-state index contributed by atoms with van der Waals surface area (Å²) in [5.74, 6) is 0.972. The van der Waals surface area contributed by atoms with Crippen LogP contribution in [0.5, 0.6) is 0 Å². The molecule has 2 aliphatic rings. The number of rotatable bonds is 4. The first-order valence-corrected chi connectivity index (χ1v) is 9.03. The van der Waals surface area contributed by atoms with Crippen molar-refractivity contribution in [2.75, 3.05) is 26.2 Å². The van der Waals surface area contributed by atoms with Crippen molar-refractivity contribution in [2.45, 2.75) is 31.5 Å². The summed E-state index contributed by atoms with van der Waals surface area (Å²) in [6.45, 7) is 3.75. The molecule has 2 aromatic rings. The number of carbonyl (C=O) groups is 1. The molecule has 0 saturated carbocycles. The van der Waals surface area contributed by atoms with Crippen LogP contribution in [0.3, 0.4) is 0 Å². The number of carbonyl (C=O) groups excluding carboxylic acids is 1. The summed E-state index contributed by atoms with van der Waals surface area (Å²) >= 11 is 0. The Morgan fingerprint density at radius 2 is 2.00 bits per heavy atom. The molecule has 0 aliphatic carbocycles. The third-order valence-electron chi connectivity index (χ3n) is 5.08. The van der Waals surface area contributed by atoms with Gasteiger partial charge in [-0.25, -0.2) is 0 Å². The van der Waals surface area contributed by atoms with Crippen molar-refractivity contribution < 1.29 is 13.9 Å². The number of hydrogen-bond acceptors (Lipinski definition) is 4. The van der Waals surface area contributed by atoms with E-state index in [1.54, 1.807) is 6.26 Å². The van der Waals surface area contributed by atoms with Crippen molar-refractivity contribution >= 4 is 5.91 Å². The summed E-state index contributed by atoms with van der Waals surface area (Å²) in [6, 6.07) is 14.3. The molecule has 2 atom stereocenters. The molecule has 0 spiro atoms. The van der Waals surface area contributed by atoms with Gasteiger partial charge >= 0.3 is 0 Å². The van der Waals surface area contributed by atoms with Gasteiger partial charge < -0.3 is 14.1 Å². The van der Waals surface area contributed by atoms with Crippen molar-refractivity contribution in [2.24, 2.45) is 0 Å². The fourth-order valence-electron chi connectivity index (χ4n) is 3.83. The molecule has 1 aromatic heterocycles. The third-order valence-corrected chi connectivity index (χ3v) is 5.08. The van der Waals surface area contributed by atoms with Gasteiger partial charge in [0.2, 0.25) is 0 Å². The monoisotopic (exact) mass is 340 g/mol. The van der Waals surface area contributed by atoms with Crippen LogP contribution >= 0.6 is 0 Å². The average Bonchev–Trinajstić information content (AvgIpc) is 3.33. The molecule has 1 amide bonds. The van der Waals surface area contributed by atoms with Crippen molar-refractivity contribution in [1.29, 1.82) is 0 Å². The molecule has 0 bridgehead atoms. The second-order valence-electron chi connectivity index (χ2n) is 6.79. The van der Waals surface area contributed by atoms with Crippen LogP contribution in [0.25, 0.3) is 0 Å². The lowest BCUT2D eigenvalue weighted by Gasteiger charge is -2.35. The molecule has 0 N–H and O–H groups in total. The highest BCUT2D eigenvalue weighted by Gasteiger charge is 2.37. The normalized spacial score (nSPS) is 24.6. The number of morpholine rings is 1. The number of nitrogens with zero attached hydrogens (tertiary/aromatic N) is 2. The second kappa shape index (κ2) is 7.42. The first-order chi connectivity index (χ1) is 12.3. The lowest BCUT2D eigenvalue weighted by atomic mass is 10.1. The molecule has 0 unspecified atom stereocenters. The van der Waals surface area contributed by atoms with Gasteiger partial charge in [0.1, 0.15) is 11.9 Å². The van der Waals surface area contributed by atoms with Crippen LogP contribution in [0, 0.1) is 0 Å². The SMILES string of the molecule is O=C([C@@H]1CN(Cc2ccccc2)CCO1)N1CCC[C@H]1c1ccco1. The van der Waals surface area contributed by atoms with Gasteiger partial charge in [0.15, 0.2) is 0 Å². The molecular formula is C20H24N2O3. The Bertz CT molecular complexity index is 686. The zero-order valence-electron chi connectivity index (χ0n) is 14.3. The maximum atomic E-state index is 13.0. The first kappa shape index (κ1) is 16.4. The molecule has 132 valence electrons. The Hall–Kier alpha value is -2.11.